The van der Waals surface area contributed by atoms with E-state index in [1.165, 1.54) is 16.2 Å². The maximum absolute atomic E-state index is 4.88. The topological polar surface area (TPSA) is 0 Å². The third-order valence-electron chi connectivity index (χ3n) is 2.78. The van der Waals surface area contributed by atoms with Crippen LogP contribution in [0.4, 0.5) is 0 Å². The number of rotatable bonds is 2. The normalized spacial score (nSPS) is 9.17. The summed E-state index contributed by atoms with van der Waals surface area (Å²) in [6.45, 7) is 2.08. The maximum Gasteiger partial charge on any atom is -0.0226 e. The zero-order chi connectivity index (χ0) is 16.8. The van der Waals surface area contributed by atoms with Crippen molar-refractivity contribution in [1.82, 2.24) is 0 Å². The molecule has 0 aliphatic rings. The Morgan fingerprint density at radius 2 is 0.913 bits per heavy atom. The van der Waals surface area contributed by atoms with Gasteiger partial charge in [-0.05, 0) is 17.5 Å². The first-order valence-electron chi connectivity index (χ1n) is 6.97. The summed E-state index contributed by atoms with van der Waals surface area (Å²) in [7, 11) is 10.5. The van der Waals surface area contributed by atoms with Crippen LogP contribution < -0.4 is 10.6 Å². The Morgan fingerprint density at radius 3 is 1.17 bits per heavy atom. The van der Waals surface area contributed by atoms with Crippen molar-refractivity contribution in [2.75, 3.05) is 0 Å². The van der Waals surface area contributed by atoms with Crippen molar-refractivity contribution in [2.24, 2.45) is 0 Å². The summed E-state index contributed by atoms with van der Waals surface area (Å²) >= 11 is -0.472. The van der Waals surface area contributed by atoms with Crippen molar-refractivity contribution in [2.45, 2.75) is 6.92 Å². The Morgan fingerprint density at radius 1 is 0.609 bits per heavy atom. The molecule has 3 aromatic carbocycles. The molecule has 0 amide bonds. The van der Waals surface area contributed by atoms with Gasteiger partial charge in [0.05, 0.1) is 0 Å². The third kappa shape index (κ3) is 10.7. The predicted molar refractivity (Wildman–Crippen MR) is 103 cm³/mol. The molecule has 4 heteroatoms. The van der Waals surface area contributed by atoms with Crippen molar-refractivity contribution in [1.29, 1.82) is 0 Å². The molecule has 0 aliphatic heterocycles. The molecular formula is C19H19Cl2PPt. The molecule has 0 saturated heterocycles. The molecule has 0 N–H and O–H groups in total. The van der Waals surface area contributed by atoms with Crippen molar-refractivity contribution in [3.8, 4) is 0 Å². The smallest absolute Gasteiger partial charge is 0.0226 e. The van der Waals surface area contributed by atoms with E-state index in [2.05, 4.69) is 79.7 Å². The van der Waals surface area contributed by atoms with Gasteiger partial charge in [0.1, 0.15) is 0 Å². The minimum absolute atomic E-state index is 0.472. The Labute approximate surface area is 157 Å². The van der Waals surface area contributed by atoms with E-state index in [-0.39, 0.29) is 0 Å². The standard InChI is InChI=1S/C12H11P.C7H8.2ClH.Pt/c1-3-7-11(8-4-1)13-12-9-5-2-6-10-12;1-7-5-3-2-4-6-7;;;/h1-10,13H;2-6H,1H3;2*1H;/q;;;;+2/p-2. The average Bonchev–Trinajstić information content (AvgIpc) is 2.59. The number of hydrogen-bond acceptors (Lipinski definition) is 0. The molecule has 0 bridgehead atoms. The second kappa shape index (κ2) is 13.8. The van der Waals surface area contributed by atoms with Crippen LogP contribution in [-0.4, -0.2) is 0 Å². The zero-order valence-electron chi connectivity index (χ0n) is 12.7. The summed E-state index contributed by atoms with van der Waals surface area (Å²) in [5.41, 5.74) is 1.32. The van der Waals surface area contributed by atoms with Crippen LogP contribution in [0.3, 0.4) is 0 Å². The zero-order valence-corrected chi connectivity index (χ0v) is 17.5. The van der Waals surface area contributed by atoms with Crippen molar-refractivity contribution >= 4 is 38.0 Å². The second-order valence-corrected chi connectivity index (χ2v) is 9.24. The SMILES string of the molecule is Cc1ccccc1.[Cl][Pt][Cl].c1ccc(Pc2ccccc2)cc1. The van der Waals surface area contributed by atoms with Gasteiger partial charge in [0, 0.05) is 0 Å². The quantitative estimate of drug-likeness (QED) is 0.364. The molecule has 0 aromatic heterocycles. The van der Waals surface area contributed by atoms with Crippen LogP contribution in [0.1, 0.15) is 5.56 Å². The fraction of sp³-hybridized carbons (Fsp3) is 0.0526. The van der Waals surface area contributed by atoms with Gasteiger partial charge in [0.15, 0.2) is 0 Å². The summed E-state index contributed by atoms with van der Waals surface area (Å²) < 4.78 is 0. The first-order chi connectivity index (χ1) is 11.3. The van der Waals surface area contributed by atoms with Gasteiger partial charge in [-0.2, -0.15) is 0 Å². The summed E-state index contributed by atoms with van der Waals surface area (Å²) in [5, 5.41) is 2.79. The van der Waals surface area contributed by atoms with Crippen LogP contribution in [0.25, 0.3) is 0 Å². The van der Waals surface area contributed by atoms with Crippen LogP contribution in [-0.2, 0) is 16.5 Å². The Bertz CT molecular complexity index is 581. The maximum atomic E-state index is 4.88. The Hall–Kier alpha value is -0.642. The molecule has 124 valence electrons. The fourth-order valence-electron chi connectivity index (χ4n) is 1.74. The molecule has 23 heavy (non-hydrogen) atoms. The van der Waals surface area contributed by atoms with Crippen molar-refractivity contribution < 1.29 is 16.5 Å². The predicted octanol–water partition coefficient (Wildman–Crippen LogP) is 5.69. The third-order valence-corrected chi connectivity index (χ3v) is 4.02. The minimum Gasteiger partial charge on any atom is -0.0622 e. The molecule has 0 aliphatic carbocycles. The van der Waals surface area contributed by atoms with E-state index in [1.54, 1.807) is 0 Å². The number of benzene rings is 3. The van der Waals surface area contributed by atoms with Crippen LogP contribution in [0.15, 0.2) is 91.0 Å². The fourth-order valence-corrected chi connectivity index (χ4v) is 2.80. The Kier molecular flexibility index (Phi) is 12.2. The van der Waals surface area contributed by atoms with E-state index in [0.717, 1.165) is 8.58 Å². The summed E-state index contributed by atoms with van der Waals surface area (Å²) in [4.78, 5) is 0. The van der Waals surface area contributed by atoms with E-state index < -0.39 is 16.5 Å². The van der Waals surface area contributed by atoms with E-state index in [0.29, 0.717) is 0 Å². The summed E-state index contributed by atoms with van der Waals surface area (Å²) in [6.07, 6.45) is 0. The van der Waals surface area contributed by atoms with Gasteiger partial charge >= 0.3 is 35.3 Å². The van der Waals surface area contributed by atoms with Crippen LogP contribution in [0.2, 0.25) is 0 Å². The molecular weight excluding hydrogens is 525 g/mol. The van der Waals surface area contributed by atoms with Gasteiger partial charge in [0.2, 0.25) is 0 Å². The second-order valence-electron chi connectivity index (χ2n) is 4.56. The van der Waals surface area contributed by atoms with Gasteiger partial charge in [-0.1, -0.05) is 105 Å². The van der Waals surface area contributed by atoms with Gasteiger partial charge < -0.3 is 0 Å². The molecule has 0 fully saturated rings. The number of hydrogen-bond donors (Lipinski definition) is 0. The van der Waals surface area contributed by atoms with E-state index >= 15 is 0 Å². The molecule has 0 unspecified atom stereocenters. The summed E-state index contributed by atoms with van der Waals surface area (Å²) in [5.74, 6) is 0. The van der Waals surface area contributed by atoms with Crippen LogP contribution in [0, 0.1) is 6.92 Å². The molecule has 0 atom stereocenters. The largest absolute Gasteiger partial charge is 0.0622 e. The van der Waals surface area contributed by atoms with Gasteiger partial charge in [-0.15, -0.1) is 0 Å². The molecule has 0 saturated carbocycles. The van der Waals surface area contributed by atoms with Gasteiger partial charge in [-0.3, -0.25) is 0 Å². The van der Waals surface area contributed by atoms with Crippen LogP contribution in [0.5, 0.6) is 0 Å². The molecule has 3 aromatic rings. The molecule has 0 spiro atoms. The first kappa shape index (κ1) is 20.4. The monoisotopic (exact) mass is 543 g/mol. The van der Waals surface area contributed by atoms with Gasteiger partial charge in [0.25, 0.3) is 0 Å². The average molecular weight is 544 g/mol. The number of aryl methyl sites for hydroxylation is 1. The molecule has 0 heterocycles. The first-order valence-corrected chi connectivity index (χ1v) is 13.6. The number of halogens is 2. The molecule has 0 radical (unpaired) electrons. The van der Waals surface area contributed by atoms with Gasteiger partial charge in [-0.25, -0.2) is 0 Å². The van der Waals surface area contributed by atoms with E-state index in [4.69, 9.17) is 18.8 Å². The molecule has 0 nitrogen and oxygen atoms in total. The van der Waals surface area contributed by atoms with E-state index in [1.807, 2.05) is 18.2 Å². The Balaban J connectivity index is 0.000000223. The molecule has 3 rings (SSSR count). The van der Waals surface area contributed by atoms with Crippen molar-refractivity contribution in [3.63, 3.8) is 0 Å². The van der Waals surface area contributed by atoms with E-state index in [9.17, 15) is 0 Å². The van der Waals surface area contributed by atoms with Crippen molar-refractivity contribution in [3.05, 3.63) is 96.6 Å². The summed E-state index contributed by atoms with van der Waals surface area (Å²) in [6, 6.07) is 31.4. The minimum atomic E-state index is -0.472. The van der Waals surface area contributed by atoms with Crippen LogP contribution >= 0.6 is 27.4 Å².